The Morgan fingerprint density at radius 1 is 1.11 bits per heavy atom. The molecule has 0 saturated heterocycles. The van der Waals surface area contributed by atoms with Crippen LogP contribution in [0.5, 0.6) is 0 Å². The second-order valence-electron chi connectivity index (χ2n) is 3.50. The summed E-state index contributed by atoms with van der Waals surface area (Å²) < 4.78 is 0. The van der Waals surface area contributed by atoms with Gasteiger partial charge in [0.2, 0.25) is 6.41 Å². The molecule has 0 unspecified atom stereocenters. The summed E-state index contributed by atoms with van der Waals surface area (Å²) >= 11 is 0. The number of nitrogens with one attached hydrogen (secondary N) is 2. The second kappa shape index (κ2) is 5.58. The average Bonchev–Trinajstić information content (AvgIpc) is 2.41. The van der Waals surface area contributed by atoms with E-state index in [1.807, 2.05) is 0 Å². The predicted octanol–water partition coefficient (Wildman–Crippen LogP) is 1.90. The van der Waals surface area contributed by atoms with Gasteiger partial charge in [-0.3, -0.25) is 14.6 Å². The van der Waals surface area contributed by atoms with Crippen molar-refractivity contribution in [2.75, 3.05) is 10.6 Å². The Hall–Kier alpha value is -2.69. The summed E-state index contributed by atoms with van der Waals surface area (Å²) in [5, 5.41) is 5.21. The van der Waals surface area contributed by atoms with Crippen LogP contribution in [0.15, 0.2) is 48.8 Å². The number of carbonyl (C=O) groups excluding carboxylic acids is 2. The van der Waals surface area contributed by atoms with E-state index in [0.29, 0.717) is 23.3 Å². The fraction of sp³-hybridized carbons (Fsp3) is 0. The summed E-state index contributed by atoms with van der Waals surface area (Å²) in [6.07, 6.45) is 3.72. The van der Waals surface area contributed by atoms with Gasteiger partial charge in [-0.05, 0) is 24.3 Å². The maximum absolute atomic E-state index is 12.0. The number of carbonyl (C=O) groups is 2. The Morgan fingerprint density at radius 3 is 2.56 bits per heavy atom. The molecule has 5 nitrogen and oxygen atoms in total. The second-order valence-corrected chi connectivity index (χ2v) is 3.50. The summed E-state index contributed by atoms with van der Waals surface area (Å²) in [5.74, 6) is -0.286. The summed E-state index contributed by atoms with van der Waals surface area (Å²) in [4.78, 5) is 26.3. The number of pyridine rings is 1. The zero-order valence-electron chi connectivity index (χ0n) is 9.46. The molecule has 18 heavy (non-hydrogen) atoms. The van der Waals surface area contributed by atoms with E-state index in [2.05, 4.69) is 15.6 Å². The summed E-state index contributed by atoms with van der Waals surface area (Å²) in [5.41, 5.74) is 1.52. The van der Waals surface area contributed by atoms with Gasteiger partial charge in [0.25, 0.3) is 5.91 Å². The molecular weight excluding hydrogens is 230 g/mol. The topological polar surface area (TPSA) is 71.1 Å². The minimum absolute atomic E-state index is 0.286. The average molecular weight is 241 g/mol. The molecule has 2 rings (SSSR count). The van der Waals surface area contributed by atoms with E-state index < -0.39 is 0 Å². The van der Waals surface area contributed by atoms with E-state index in [4.69, 9.17) is 0 Å². The van der Waals surface area contributed by atoms with Crippen molar-refractivity contribution in [2.45, 2.75) is 0 Å². The van der Waals surface area contributed by atoms with Crippen molar-refractivity contribution >= 4 is 23.7 Å². The number of hydrogen-bond donors (Lipinski definition) is 2. The first kappa shape index (κ1) is 11.8. The molecular formula is C13H11N3O2. The highest BCUT2D eigenvalue weighted by Crippen LogP contribution is 2.16. The maximum Gasteiger partial charge on any atom is 0.257 e. The first-order valence-electron chi connectivity index (χ1n) is 5.32. The van der Waals surface area contributed by atoms with Crippen molar-refractivity contribution in [1.82, 2.24) is 4.98 Å². The van der Waals surface area contributed by atoms with Crippen molar-refractivity contribution in [1.29, 1.82) is 0 Å². The van der Waals surface area contributed by atoms with Gasteiger partial charge in [-0.15, -0.1) is 0 Å². The summed E-state index contributed by atoms with van der Waals surface area (Å²) in [6.45, 7) is 0. The number of anilines is 2. The molecule has 0 spiro atoms. The molecule has 1 heterocycles. The number of aromatic nitrogens is 1. The maximum atomic E-state index is 12.0. The fourth-order valence-corrected chi connectivity index (χ4v) is 1.50. The first-order valence-corrected chi connectivity index (χ1v) is 5.32. The highest BCUT2D eigenvalue weighted by Gasteiger charge is 2.10. The van der Waals surface area contributed by atoms with Crippen LogP contribution in [0.25, 0.3) is 0 Å². The lowest BCUT2D eigenvalue weighted by molar-refractivity contribution is -0.105. The zero-order valence-corrected chi connectivity index (χ0v) is 9.46. The molecule has 0 aliphatic rings. The van der Waals surface area contributed by atoms with Gasteiger partial charge in [0.1, 0.15) is 0 Å². The van der Waals surface area contributed by atoms with Crippen LogP contribution < -0.4 is 10.6 Å². The first-order chi connectivity index (χ1) is 8.81. The molecule has 5 heteroatoms. The summed E-state index contributed by atoms with van der Waals surface area (Å²) in [7, 11) is 0. The molecule has 90 valence electrons. The highest BCUT2D eigenvalue weighted by molar-refractivity contribution is 6.08. The lowest BCUT2D eigenvalue weighted by Crippen LogP contribution is -2.14. The van der Waals surface area contributed by atoms with Crippen molar-refractivity contribution in [2.24, 2.45) is 0 Å². The minimum Gasteiger partial charge on any atom is -0.328 e. The van der Waals surface area contributed by atoms with Crippen LogP contribution in [-0.2, 0) is 4.79 Å². The third kappa shape index (κ3) is 2.70. The normalized spacial score (nSPS) is 9.56. The number of rotatable bonds is 4. The molecule has 2 amide bonds. The molecule has 0 bridgehead atoms. The zero-order chi connectivity index (χ0) is 12.8. The monoisotopic (exact) mass is 241 g/mol. The van der Waals surface area contributed by atoms with Crippen molar-refractivity contribution in [3.63, 3.8) is 0 Å². The Kier molecular flexibility index (Phi) is 3.66. The lowest BCUT2D eigenvalue weighted by atomic mass is 10.1. The smallest absolute Gasteiger partial charge is 0.257 e. The van der Waals surface area contributed by atoms with E-state index >= 15 is 0 Å². The van der Waals surface area contributed by atoms with Crippen LogP contribution in [0, 0.1) is 0 Å². The molecule has 1 aromatic carbocycles. The third-order valence-corrected chi connectivity index (χ3v) is 2.32. The molecule has 1 aromatic heterocycles. The molecule has 0 aliphatic carbocycles. The Labute approximate surface area is 104 Å². The van der Waals surface area contributed by atoms with Gasteiger partial charge >= 0.3 is 0 Å². The van der Waals surface area contributed by atoms with Gasteiger partial charge in [-0.2, -0.15) is 0 Å². The van der Waals surface area contributed by atoms with E-state index in [1.165, 1.54) is 0 Å². The van der Waals surface area contributed by atoms with Crippen molar-refractivity contribution in [3.05, 3.63) is 54.4 Å². The van der Waals surface area contributed by atoms with Crippen LogP contribution in [0.1, 0.15) is 10.4 Å². The number of amides is 2. The van der Waals surface area contributed by atoms with Crippen LogP contribution in [0.3, 0.4) is 0 Å². The van der Waals surface area contributed by atoms with Gasteiger partial charge in [0, 0.05) is 18.1 Å². The number of para-hydroxylation sites is 1. The van der Waals surface area contributed by atoms with E-state index in [0.717, 1.165) is 0 Å². The van der Waals surface area contributed by atoms with Crippen LogP contribution in [0.2, 0.25) is 0 Å². The third-order valence-electron chi connectivity index (χ3n) is 2.32. The molecule has 2 aromatic rings. The standard InChI is InChI=1S/C13H11N3O2/c17-9-15-12-4-2-1-3-11(12)13(18)16-10-5-7-14-8-6-10/h1-9H,(H,15,17)(H,14,16,18). The molecule has 0 aliphatic heterocycles. The Bertz CT molecular complexity index is 555. The van der Waals surface area contributed by atoms with E-state index in [-0.39, 0.29) is 5.91 Å². The van der Waals surface area contributed by atoms with Gasteiger partial charge in [0.05, 0.1) is 11.3 Å². The molecule has 0 atom stereocenters. The number of nitrogens with zero attached hydrogens (tertiary/aromatic N) is 1. The predicted molar refractivity (Wildman–Crippen MR) is 68.3 cm³/mol. The molecule has 2 N–H and O–H groups in total. The van der Waals surface area contributed by atoms with Crippen LogP contribution in [0.4, 0.5) is 11.4 Å². The van der Waals surface area contributed by atoms with Crippen molar-refractivity contribution in [3.8, 4) is 0 Å². The van der Waals surface area contributed by atoms with Gasteiger partial charge in [-0.25, -0.2) is 0 Å². The van der Waals surface area contributed by atoms with Crippen LogP contribution in [-0.4, -0.2) is 17.3 Å². The highest BCUT2D eigenvalue weighted by atomic mass is 16.2. The fourth-order valence-electron chi connectivity index (χ4n) is 1.50. The largest absolute Gasteiger partial charge is 0.328 e. The van der Waals surface area contributed by atoms with Gasteiger partial charge in [0.15, 0.2) is 0 Å². The summed E-state index contributed by atoms with van der Waals surface area (Å²) in [6, 6.07) is 10.2. The Balaban J connectivity index is 2.21. The lowest BCUT2D eigenvalue weighted by Gasteiger charge is -2.08. The number of benzene rings is 1. The van der Waals surface area contributed by atoms with Gasteiger partial charge in [-0.1, -0.05) is 12.1 Å². The molecule has 0 radical (unpaired) electrons. The van der Waals surface area contributed by atoms with E-state index in [9.17, 15) is 9.59 Å². The van der Waals surface area contributed by atoms with E-state index in [1.54, 1.807) is 48.8 Å². The Morgan fingerprint density at radius 2 is 1.83 bits per heavy atom. The SMILES string of the molecule is O=CNc1ccccc1C(=O)Nc1ccncc1. The number of hydrogen-bond acceptors (Lipinski definition) is 3. The van der Waals surface area contributed by atoms with Crippen molar-refractivity contribution < 1.29 is 9.59 Å². The van der Waals surface area contributed by atoms with Crippen LogP contribution >= 0.6 is 0 Å². The molecule has 0 fully saturated rings. The quantitative estimate of drug-likeness (QED) is 0.803. The molecule has 0 saturated carbocycles. The minimum atomic E-state index is -0.286. The van der Waals surface area contributed by atoms with Gasteiger partial charge < -0.3 is 10.6 Å².